The smallest absolute Gasteiger partial charge is 0.303 e. The summed E-state index contributed by atoms with van der Waals surface area (Å²) >= 11 is 0. The van der Waals surface area contributed by atoms with E-state index in [1.165, 1.54) is 0 Å². The number of aromatic nitrogens is 2. The van der Waals surface area contributed by atoms with Crippen LogP contribution in [0.2, 0.25) is 0 Å². The first-order chi connectivity index (χ1) is 6.68. The van der Waals surface area contributed by atoms with Crippen molar-refractivity contribution in [2.45, 2.75) is 26.3 Å². The summed E-state index contributed by atoms with van der Waals surface area (Å²) in [4.78, 5) is 17.3. The van der Waals surface area contributed by atoms with Gasteiger partial charge in [0.1, 0.15) is 5.82 Å². The van der Waals surface area contributed by atoms with E-state index in [2.05, 4.69) is 15.3 Å². The summed E-state index contributed by atoms with van der Waals surface area (Å²) in [5.41, 5.74) is 1.03. The van der Waals surface area contributed by atoms with Gasteiger partial charge in [0, 0.05) is 24.9 Å². The Bertz CT molecular complexity index is 296. The highest BCUT2D eigenvalue weighted by molar-refractivity contribution is 5.66. The summed E-state index contributed by atoms with van der Waals surface area (Å²) in [6.45, 7) is 3.32. The van der Waals surface area contributed by atoms with E-state index in [-0.39, 0.29) is 6.42 Å². The Morgan fingerprint density at radius 3 is 3.07 bits per heavy atom. The van der Waals surface area contributed by atoms with E-state index >= 15 is 0 Å². The summed E-state index contributed by atoms with van der Waals surface area (Å²) in [5, 5.41) is 11.5. The molecule has 0 bridgehead atoms. The summed E-state index contributed by atoms with van der Waals surface area (Å²) < 4.78 is 0. The highest BCUT2D eigenvalue weighted by Gasteiger charge is 1.97. The molecule has 0 aliphatic heterocycles. The third kappa shape index (κ3) is 4.04. The van der Waals surface area contributed by atoms with Crippen LogP contribution >= 0.6 is 0 Å². The number of aromatic amines is 1. The molecule has 78 valence electrons. The van der Waals surface area contributed by atoms with Crippen molar-refractivity contribution in [3.8, 4) is 0 Å². The number of carboxylic acids is 1. The highest BCUT2D eigenvalue weighted by Crippen LogP contribution is 1.95. The Morgan fingerprint density at radius 1 is 1.71 bits per heavy atom. The lowest BCUT2D eigenvalue weighted by atomic mass is 10.3. The molecule has 1 heterocycles. The molecule has 0 amide bonds. The van der Waals surface area contributed by atoms with Crippen molar-refractivity contribution in [3.63, 3.8) is 0 Å². The van der Waals surface area contributed by atoms with Gasteiger partial charge in [0.25, 0.3) is 0 Å². The first kappa shape index (κ1) is 10.7. The third-order valence-electron chi connectivity index (χ3n) is 1.82. The number of hydrogen-bond donors (Lipinski definition) is 3. The Balaban J connectivity index is 2.07. The highest BCUT2D eigenvalue weighted by atomic mass is 16.4. The number of rotatable bonds is 6. The molecule has 0 aromatic carbocycles. The molecule has 1 aromatic rings. The normalized spacial score (nSPS) is 10.4. The van der Waals surface area contributed by atoms with E-state index in [4.69, 9.17) is 5.11 Å². The Hall–Kier alpha value is -1.36. The molecule has 3 N–H and O–H groups in total. The van der Waals surface area contributed by atoms with Crippen molar-refractivity contribution in [2.24, 2.45) is 0 Å². The molecular formula is C9H15N3O2. The zero-order chi connectivity index (χ0) is 10.4. The molecule has 1 aromatic heterocycles. The van der Waals surface area contributed by atoms with Crippen LogP contribution in [0.4, 0.5) is 0 Å². The van der Waals surface area contributed by atoms with E-state index in [0.29, 0.717) is 19.5 Å². The van der Waals surface area contributed by atoms with Crippen LogP contribution in [0.15, 0.2) is 6.20 Å². The molecule has 0 saturated carbocycles. The van der Waals surface area contributed by atoms with Gasteiger partial charge >= 0.3 is 5.97 Å². The first-order valence-electron chi connectivity index (χ1n) is 4.61. The molecule has 0 aliphatic rings. The Morgan fingerprint density at radius 2 is 2.50 bits per heavy atom. The average molecular weight is 197 g/mol. The number of aliphatic carboxylic acids is 1. The van der Waals surface area contributed by atoms with Gasteiger partial charge in [-0.1, -0.05) is 0 Å². The number of H-pyrrole nitrogens is 1. The monoisotopic (exact) mass is 197 g/mol. The number of aryl methyl sites for hydroxylation is 1. The third-order valence-corrected chi connectivity index (χ3v) is 1.82. The van der Waals surface area contributed by atoms with Crippen LogP contribution in [0.25, 0.3) is 0 Å². The molecule has 0 fully saturated rings. The number of carboxylic acid groups (broad SMARTS) is 1. The lowest BCUT2D eigenvalue weighted by Gasteiger charge is -2.00. The van der Waals surface area contributed by atoms with Crippen LogP contribution in [0, 0.1) is 6.92 Å². The van der Waals surface area contributed by atoms with Gasteiger partial charge in [0.2, 0.25) is 0 Å². The average Bonchev–Trinajstić information content (AvgIpc) is 2.50. The van der Waals surface area contributed by atoms with Crippen molar-refractivity contribution in [2.75, 3.05) is 6.54 Å². The lowest BCUT2D eigenvalue weighted by molar-refractivity contribution is -0.137. The topological polar surface area (TPSA) is 78.0 Å². The Labute approximate surface area is 82.6 Å². The Kier molecular flexibility index (Phi) is 4.12. The minimum atomic E-state index is -0.746. The number of nitrogens with zero attached hydrogens (tertiary/aromatic N) is 1. The van der Waals surface area contributed by atoms with Gasteiger partial charge < -0.3 is 15.4 Å². The SMILES string of the molecule is Cc1ncc(CNCCCC(=O)O)[nH]1. The van der Waals surface area contributed by atoms with Crippen molar-refractivity contribution in [1.82, 2.24) is 15.3 Å². The van der Waals surface area contributed by atoms with E-state index in [0.717, 1.165) is 11.5 Å². The first-order valence-corrected chi connectivity index (χ1v) is 4.61. The fourth-order valence-electron chi connectivity index (χ4n) is 1.15. The van der Waals surface area contributed by atoms with Crippen LogP contribution in [0.3, 0.4) is 0 Å². The lowest BCUT2D eigenvalue weighted by Crippen LogP contribution is -2.15. The number of carbonyl (C=O) groups is 1. The van der Waals surface area contributed by atoms with Gasteiger partial charge in [-0.3, -0.25) is 4.79 Å². The van der Waals surface area contributed by atoms with E-state index in [1.807, 2.05) is 6.92 Å². The number of nitrogens with one attached hydrogen (secondary N) is 2. The predicted octanol–water partition coefficient (Wildman–Crippen LogP) is 0.673. The van der Waals surface area contributed by atoms with Gasteiger partial charge in [0.15, 0.2) is 0 Å². The summed E-state index contributed by atoms with van der Waals surface area (Å²) in [5.74, 6) is 0.150. The van der Waals surface area contributed by atoms with Crippen molar-refractivity contribution < 1.29 is 9.90 Å². The molecule has 0 radical (unpaired) electrons. The van der Waals surface area contributed by atoms with Crippen molar-refractivity contribution >= 4 is 5.97 Å². The van der Waals surface area contributed by atoms with E-state index < -0.39 is 5.97 Å². The maximum absolute atomic E-state index is 10.2. The molecule has 0 atom stereocenters. The zero-order valence-electron chi connectivity index (χ0n) is 8.21. The maximum atomic E-state index is 10.2. The van der Waals surface area contributed by atoms with Gasteiger partial charge in [-0.2, -0.15) is 0 Å². The van der Waals surface area contributed by atoms with Crippen LogP contribution < -0.4 is 5.32 Å². The largest absolute Gasteiger partial charge is 0.481 e. The second kappa shape index (κ2) is 5.39. The van der Waals surface area contributed by atoms with Crippen LogP contribution in [-0.4, -0.2) is 27.6 Å². The molecule has 5 heteroatoms. The fraction of sp³-hybridized carbons (Fsp3) is 0.556. The number of hydrogen-bond acceptors (Lipinski definition) is 3. The summed E-state index contributed by atoms with van der Waals surface area (Å²) in [6.07, 6.45) is 2.65. The quantitative estimate of drug-likeness (QED) is 0.586. The summed E-state index contributed by atoms with van der Waals surface area (Å²) in [7, 11) is 0. The van der Waals surface area contributed by atoms with Crippen molar-refractivity contribution in [3.05, 3.63) is 17.7 Å². The van der Waals surface area contributed by atoms with Crippen LogP contribution in [-0.2, 0) is 11.3 Å². The van der Waals surface area contributed by atoms with Crippen molar-refractivity contribution in [1.29, 1.82) is 0 Å². The second-order valence-corrected chi connectivity index (χ2v) is 3.17. The minimum absolute atomic E-state index is 0.217. The van der Waals surface area contributed by atoms with Gasteiger partial charge in [-0.25, -0.2) is 4.98 Å². The van der Waals surface area contributed by atoms with E-state index in [1.54, 1.807) is 6.20 Å². The molecule has 0 spiro atoms. The van der Waals surface area contributed by atoms with Gasteiger partial charge in [0.05, 0.1) is 0 Å². The maximum Gasteiger partial charge on any atom is 0.303 e. The summed E-state index contributed by atoms with van der Waals surface area (Å²) in [6, 6.07) is 0. The molecule has 5 nitrogen and oxygen atoms in total. The zero-order valence-corrected chi connectivity index (χ0v) is 8.21. The standard InChI is InChI=1S/C9H15N3O2/c1-7-11-6-8(12-7)5-10-4-2-3-9(13)14/h6,10H,2-5H2,1H3,(H,11,12)(H,13,14). The molecular weight excluding hydrogens is 182 g/mol. The molecule has 14 heavy (non-hydrogen) atoms. The van der Waals surface area contributed by atoms with Crippen LogP contribution in [0.1, 0.15) is 24.4 Å². The second-order valence-electron chi connectivity index (χ2n) is 3.17. The molecule has 0 aliphatic carbocycles. The van der Waals surface area contributed by atoms with Gasteiger partial charge in [-0.05, 0) is 19.9 Å². The van der Waals surface area contributed by atoms with E-state index in [9.17, 15) is 4.79 Å². The number of imidazole rings is 1. The van der Waals surface area contributed by atoms with Gasteiger partial charge in [-0.15, -0.1) is 0 Å². The van der Waals surface area contributed by atoms with Crippen LogP contribution in [0.5, 0.6) is 0 Å². The molecule has 0 saturated heterocycles. The fourth-order valence-corrected chi connectivity index (χ4v) is 1.15. The minimum Gasteiger partial charge on any atom is -0.481 e. The molecule has 1 rings (SSSR count). The predicted molar refractivity (Wildman–Crippen MR) is 51.9 cm³/mol. The molecule has 0 unspecified atom stereocenters.